The van der Waals surface area contributed by atoms with Crippen LogP contribution in [0.25, 0.3) is 0 Å². The maximum Gasteiger partial charge on any atom is 0.409 e. The topological polar surface area (TPSA) is 75.5 Å². The van der Waals surface area contributed by atoms with Crippen LogP contribution in [-0.4, -0.2) is 35.8 Å². The van der Waals surface area contributed by atoms with Crippen LogP contribution in [0.5, 0.6) is 0 Å². The molecule has 128 valence electrons. The van der Waals surface area contributed by atoms with Crippen molar-refractivity contribution in [3.05, 3.63) is 57.0 Å². The zero-order chi connectivity index (χ0) is 17.1. The van der Waals surface area contributed by atoms with Gasteiger partial charge in [0.15, 0.2) is 0 Å². The molecule has 1 aromatic heterocycles. The van der Waals surface area contributed by atoms with E-state index in [9.17, 15) is 9.59 Å². The molecular formula is C17H19ClN2O4. The number of nitrogens with one attached hydrogen (secondary N) is 1. The Bertz CT molecular complexity index is 752. The minimum Gasteiger partial charge on any atom is -0.453 e. The SMILES string of the molecule is COC(=O)N1CC[C@@H](c2cc(=O)[nH]o2)C[C@@H]1Cc1ccc(Cl)cc1. The Morgan fingerprint density at radius 1 is 1.42 bits per heavy atom. The number of piperidine rings is 1. The molecule has 0 radical (unpaired) electrons. The van der Waals surface area contributed by atoms with Crippen LogP contribution in [0.2, 0.25) is 5.02 Å². The molecule has 1 aromatic carbocycles. The molecule has 0 saturated carbocycles. The first kappa shape index (κ1) is 16.6. The third-order valence-electron chi connectivity index (χ3n) is 4.45. The third kappa shape index (κ3) is 3.64. The second-order valence-electron chi connectivity index (χ2n) is 5.98. The van der Waals surface area contributed by atoms with Crippen molar-refractivity contribution < 1.29 is 14.1 Å². The van der Waals surface area contributed by atoms with E-state index in [1.807, 2.05) is 24.3 Å². The van der Waals surface area contributed by atoms with Crippen molar-refractivity contribution in [2.75, 3.05) is 13.7 Å². The summed E-state index contributed by atoms with van der Waals surface area (Å²) in [6.07, 6.45) is 1.80. The maximum absolute atomic E-state index is 12.1. The number of carbonyl (C=O) groups excluding carboxylic acids is 1. The van der Waals surface area contributed by atoms with Crippen LogP contribution in [0.1, 0.15) is 30.1 Å². The molecule has 1 aliphatic heterocycles. The summed E-state index contributed by atoms with van der Waals surface area (Å²) in [5.41, 5.74) is 0.851. The van der Waals surface area contributed by atoms with E-state index in [1.54, 1.807) is 4.90 Å². The lowest BCUT2D eigenvalue weighted by Crippen LogP contribution is -2.46. The van der Waals surface area contributed by atoms with E-state index in [-0.39, 0.29) is 23.6 Å². The molecule has 6 nitrogen and oxygen atoms in total. The van der Waals surface area contributed by atoms with Gasteiger partial charge in [-0.3, -0.25) is 4.79 Å². The highest BCUT2D eigenvalue weighted by molar-refractivity contribution is 6.30. The van der Waals surface area contributed by atoms with E-state index < -0.39 is 0 Å². The van der Waals surface area contributed by atoms with Gasteiger partial charge >= 0.3 is 6.09 Å². The van der Waals surface area contributed by atoms with E-state index in [2.05, 4.69) is 5.16 Å². The molecule has 1 saturated heterocycles. The number of halogens is 1. The molecule has 1 N–H and O–H groups in total. The number of aromatic nitrogens is 1. The first-order chi connectivity index (χ1) is 11.6. The minimum absolute atomic E-state index is 0.0300. The van der Waals surface area contributed by atoms with E-state index >= 15 is 0 Å². The monoisotopic (exact) mass is 350 g/mol. The van der Waals surface area contributed by atoms with Crippen LogP contribution in [0.4, 0.5) is 4.79 Å². The van der Waals surface area contributed by atoms with E-state index in [1.165, 1.54) is 13.2 Å². The molecule has 2 atom stereocenters. The number of nitrogens with zero attached hydrogens (tertiary/aromatic N) is 1. The smallest absolute Gasteiger partial charge is 0.409 e. The summed E-state index contributed by atoms with van der Waals surface area (Å²) in [5.74, 6) is 0.743. The summed E-state index contributed by atoms with van der Waals surface area (Å²) in [4.78, 5) is 25.1. The number of amides is 1. The van der Waals surface area contributed by atoms with Crippen molar-refractivity contribution in [2.45, 2.75) is 31.2 Å². The summed E-state index contributed by atoms with van der Waals surface area (Å²) in [7, 11) is 1.39. The predicted molar refractivity (Wildman–Crippen MR) is 89.4 cm³/mol. The molecule has 2 heterocycles. The van der Waals surface area contributed by atoms with Gasteiger partial charge in [0.1, 0.15) is 5.76 Å². The number of likely N-dealkylation sites (tertiary alicyclic amines) is 1. The number of hydrogen-bond donors (Lipinski definition) is 1. The molecule has 24 heavy (non-hydrogen) atoms. The zero-order valence-corrected chi connectivity index (χ0v) is 14.1. The van der Waals surface area contributed by atoms with Gasteiger partial charge in [-0.1, -0.05) is 23.7 Å². The van der Waals surface area contributed by atoms with Gasteiger partial charge in [-0.05, 0) is 37.0 Å². The predicted octanol–water partition coefficient (Wildman–Crippen LogP) is 3.18. The van der Waals surface area contributed by atoms with Crippen molar-refractivity contribution in [3.8, 4) is 0 Å². The highest BCUT2D eigenvalue weighted by Gasteiger charge is 2.34. The van der Waals surface area contributed by atoms with Gasteiger partial charge in [0.05, 0.1) is 7.11 Å². The van der Waals surface area contributed by atoms with Gasteiger partial charge in [-0.25, -0.2) is 4.79 Å². The van der Waals surface area contributed by atoms with Gasteiger partial charge in [0.25, 0.3) is 5.56 Å². The third-order valence-corrected chi connectivity index (χ3v) is 4.71. The highest BCUT2D eigenvalue weighted by Crippen LogP contribution is 2.33. The number of ether oxygens (including phenoxy) is 1. The molecule has 2 aromatic rings. The lowest BCUT2D eigenvalue weighted by molar-refractivity contribution is 0.0817. The van der Waals surface area contributed by atoms with Crippen LogP contribution < -0.4 is 5.56 Å². The van der Waals surface area contributed by atoms with E-state index in [4.69, 9.17) is 20.9 Å². The van der Waals surface area contributed by atoms with Crippen LogP contribution in [0.3, 0.4) is 0 Å². The molecule has 0 bridgehead atoms. The van der Waals surface area contributed by atoms with Gasteiger partial charge < -0.3 is 14.2 Å². The summed E-state index contributed by atoms with van der Waals surface area (Å²) < 4.78 is 10.2. The first-order valence-electron chi connectivity index (χ1n) is 7.84. The van der Waals surface area contributed by atoms with Crippen molar-refractivity contribution in [1.29, 1.82) is 0 Å². The number of rotatable bonds is 3. The van der Waals surface area contributed by atoms with E-state index in [0.717, 1.165) is 12.0 Å². The lowest BCUT2D eigenvalue weighted by Gasteiger charge is -2.38. The Balaban J connectivity index is 1.79. The summed E-state index contributed by atoms with van der Waals surface area (Å²) in [6.45, 7) is 0.560. The molecular weight excluding hydrogens is 332 g/mol. The van der Waals surface area contributed by atoms with E-state index in [0.29, 0.717) is 30.2 Å². The molecule has 0 spiro atoms. The molecule has 1 aliphatic rings. The van der Waals surface area contributed by atoms with Crippen LogP contribution in [0.15, 0.2) is 39.6 Å². The minimum atomic E-state index is -0.331. The Labute approximate surface area is 144 Å². The average Bonchev–Trinajstić information content (AvgIpc) is 3.03. The largest absolute Gasteiger partial charge is 0.453 e. The number of carbonyl (C=O) groups is 1. The van der Waals surface area contributed by atoms with Gasteiger partial charge in [0.2, 0.25) is 0 Å². The fourth-order valence-electron chi connectivity index (χ4n) is 3.25. The van der Waals surface area contributed by atoms with Crippen molar-refractivity contribution in [3.63, 3.8) is 0 Å². The second kappa shape index (κ2) is 7.13. The Hall–Kier alpha value is -2.21. The highest BCUT2D eigenvalue weighted by atomic mass is 35.5. The quantitative estimate of drug-likeness (QED) is 0.922. The fraction of sp³-hybridized carbons (Fsp3) is 0.412. The van der Waals surface area contributed by atoms with Gasteiger partial charge in [0, 0.05) is 29.6 Å². The lowest BCUT2D eigenvalue weighted by atomic mass is 9.86. The van der Waals surface area contributed by atoms with Gasteiger partial charge in [-0.2, -0.15) is 5.16 Å². The average molecular weight is 351 g/mol. The van der Waals surface area contributed by atoms with Gasteiger partial charge in [-0.15, -0.1) is 0 Å². The summed E-state index contributed by atoms with van der Waals surface area (Å²) in [6, 6.07) is 9.04. The zero-order valence-electron chi connectivity index (χ0n) is 13.3. The van der Waals surface area contributed by atoms with Crippen LogP contribution in [0, 0.1) is 0 Å². The molecule has 7 heteroatoms. The van der Waals surface area contributed by atoms with Crippen molar-refractivity contribution in [2.24, 2.45) is 0 Å². The standard InChI is InChI=1S/C17H19ClN2O4/c1-23-17(22)20-7-6-12(15-10-16(21)19-24-15)9-14(20)8-11-2-4-13(18)5-3-11/h2-5,10,12,14H,6-9H2,1H3,(H,19,21)/t12-,14+/m1/s1. The Kier molecular flexibility index (Phi) is 4.94. The molecule has 0 aliphatic carbocycles. The van der Waals surface area contributed by atoms with Crippen LogP contribution >= 0.6 is 11.6 Å². The molecule has 1 fully saturated rings. The summed E-state index contributed by atoms with van der Waals surface area (Å²) >= 11 is 5.93. The summed E-state index contributed by atoms with van der Waals surface area (Å²) in [5, 5.41) is 3.01. The normalized spacial score (nSPS) is 20.8. The number of H-pyrrole nitrogens is 1. The first-order valence-corrected chi connectivity index (χ1v) is 8.22. The van der Waals surface area contributed by atoms with Crippen molar-refractivity contribution >= 4 is 17.7 Å². The Morgan fingerprint density at radius 2 is 2.17 bits per heavy atom. The Morgan fingerprint density at radius 3 is 2.79 bits per heavy atom. The molecule has 0 unspecified atom stereocenters. The second-order valence-corrected chi connectivity index (χ2v) is 6.42. The fourth-order valence-corrected chi connectivity index (χ4v) is 3.38. The van der Waals surface area contributed by atoms with Crippen LogP contribution in [-0.2, 0) is 11.2 Å². The molecule has 1 amide bonds. The number of aromatic amines is 1. The number of hydrogen-bond acceptors (Lipinski definition) is 4. The molecule has 3 rings (SSSR count). The maximum atomic E-state index is 12.1. The number of methoxy groups -OCH3 is 1. The van der Waals surface area contributed by atoms with Crippen molar-refractivity contribution in [1.82, 2.24) is 10.1 Å². The number of benzene rings is 1.